The number of fused-ring (bicyclic) bond motifs is 1. The Hall–Kier alpha value is -3.22. The first-order valence-electron chi connectivity index (χ1n) is 11.7. The zero-order chi connectivity index (χ0) is 26.0. The minimum absolute atomic E-state index is 0.100. The smallest absolute Gasteiger partial charge is 0.252 e. The first-order chi connectivity index (χ1) is 17.2. The highest BCUT2D eigenvalue weighted by atomic mass is 35.5. The molecule has 8 heteroatoms. The number of amides is 2. The average molecular weight is 526 g/mol. The molecule has 0 spiro atoms. The monoisotopic (exact) mass is 525 g/mol. The van der Waals surface area contributed by atoms with Crippen LogP contribution in [-0.2, 0) is 9.59 Å². The van der Waals surface area contributed by atoms with E-state index < -0.39 is 17.8 Å². The van der Waals surface area contributed by atoms with Crippen LogP contribution in [0.3, 0.4) is 0 Å². The third-order valence-electron chi connectivity index (χ3n) is 6.36. The minimum atomic E-state index is -0.739. The van der Waals surface area contributed by atoms with Crippen molar-refractivity contribution in [3.8, 4) is 0 Å². The summed E-state index contributed by atoms with van der Waals surface area (Å²) in [5.74, 6) is -1.29. The van der Waals surface area contributed by atoms with Gasteiger partial charge in [-0.05, 0) is 54.8 Å². The standard InChI is InChI=1S/C28H26Cl2FN3O2/c1-4-16(2)26-28(36)34(15-25(35)32-19-11-9-17(3)23(31)14-19)24-12-10-18(29)13-21(24)27(33-26)20-7-5-6-8-22(20)30/h5-14,16,26H,4,15H2,1-3H3,(H,32,35)/t16-,26+/m1/s1. The molecule has 0 unspecified atom stereocenters. The molecule has 36 heavy (non-hydrogen) atoms. The fraction of sp³-hybridized carbons (Fsp3) is 0.250. The van der Waals surface area contributed by atoms with Crippen LogP contribution >= 0.6 is 23.2 Å². The number of anilines is 2. The van der Waals surface area contributed by atoms with E-state index in [1.165, 1.54) is 11.0 Å². The highest BCUT2D eigenvalue weighted by Gasteiger charge is 2.36. The number of aliphatic imine (C=N–C) groups is 1. The maximum absolute atomic E-state index is 14.0. The highest BCUT2D eigenvalue weighted by Crippen LogP contribution is 2.34. The number of rotatable bonds is 6. The van der Waals surface area contributed by atoms with E-state index in [0.29, 0.717) is 50.2 Å². The van der Waals surface area contributed by atoms with Gasteiger partial charge in [0.25, 0.3) is 5.91 Å². The summed E-state index contributed by atoms with van der Waals surface area (Å²) in [4.78, 5) is 33.2. The zero-order valence-electron chi connectivity index (χ0n) is 20.2. The van der Waals surface area contributed by atoms with Crippen molar-refractivity contribution in [1.82, 2.24) is 0 Å². The van der Waals surface area contributed by atoms with E-state index in [1.807, 2.05) is 32.0 Å². The molecule has 0 bridgehead atoms. The predicted octanol–water partition coefficient (Wildman–Crippen LogP) is 6.68. The largest absolute Gasteiger partial charge is 0.324 e. The van der Waals surface area contributed by atoms with Crippen LogP contribution in [0.4, 0.5) is 15.8 Å². The number of hydrogen-bond acceptors (Lipinski definition) is 3. The van der Waals surface area contributed by atoms with Gasteiger partial charge < -0.3 is 10.2 Å². The van der Waals surface area contributed by atoms with Crippen molar-refractivity contribution in [3.63, 3.8) is 0 Å². The van der Waals surface area contributed by atoms with E-state index in [-0.39, 0.29) is 18.4 Å². The van der Waals surface area contributed by atoms with Gasteiger partial charge in [0.2, 0.25) is 5.91 Å². The summed E-state index contributed by atoms with van der Waals surface area (Å²) in [6.07, 6.45) is 0.704. The van der Waals surface area contributed by atoms with Crippen LogP contribution in [0.25, 0.3) is 0 Å². The third kappa shape index (κ3) is 5.30. The molecule has 1 aliphatic heterocycles. The Morgan fingerprint density at radius 1 is 1.11 bits per heavy atom. The van der Waals surface area contributed by atoms with Crippen LogP contribution in [0.15, 0.2) is 65.7 Å². The van der Waals surface area contributed by atoms with E-state index in [4.69, 9.17) is 28.2 Å². The number of benzodiazepines with no additional fused rings is 1. The Kier molecular flexibility index (Phi) is 7.76. The Balaban J connectivity index is 1.79. The maximum Gasteiger partial charge on any atom is 0.252 e. The predicted molar refractivity (Wildman–Crippen MR) is 144 cm³/mol. The topological polar surface area (TPSA) is 61.8 Å². The fourth-order valence-electron chi connectivity index (χ4n) is 4.12. The SMILES string of the molecule is CC[C@@H](C)[C@@H]1N=C(c2ccccc2Cl)c2cc(Cl)ccc2N(CC(=O)Nc2ccc(C)c(F)c2)C1=O. The van der Waals surface area contributed by atoms with Gasteiger partial charge in [-0.25, -0.2) is 4.39 Å². The van der Waals surface area contributed by atoms with Crippen LogP contribution in [0.5, 0.6) is 0 Å². The number of nitrogens with zero attached hydrogens (tertiary/aromatic N) is 2. The Morgan fingerprint density at radius 2 is 1.86 bits per heavy atom. The molecular weight excluding hydrogens is 500 g/mol. The Bertz CT molecular complexity index is 1360. The zero-order valence-corrected chi connectivity index (χ0v) is 21.7. The fourth-order valence-corrected chi connectivity index (χ4v) is 4.51. The van der Waals surface area contributed by atoms with E-state index in [9.17, 15) is 14.0 Å². The molecule has 3 aromatic carbocycles. The van der Waals surface area contributed by atoms with Crippen LogP contribution in [0, 0.1) is 18.7 Å². The molecular formula is C28H26Cl2FN3O2. The van der Waals surface area contributed by atoms with Crippen LogP contribution < -0.4 is 10.2 Å². The third-order valence-corrected chi connectivity index (χ3v) is 6.93. The van der Waals surface area contributed by atoms with Crippen molar-refractivity contribution < 1.29 is 14.0 Å². The molecule has 0 fully saturated rings. The molecule has 0 radical (unpaired) electrons. The average Bonchev–Trinajstić information content (AvgIpc) is 2.96. The van der Waals surface area contributed by atoms with Crippen molar-refractivity contribution in [2.75, 3.05) is 16.8 Å². The van der Waals surface area contributed by atoms with Gasteiger partial charge in [-0.15, -0.1) is 0 Å². The van der Waals surface area contributed by atoms with Crippen molar-refractivity contribution in [2.45, 2.75) is 33.2 Å². The lowest BCUT2D eigenvalue weighted by molar-refractivity contribution is -0.123. The summed E-state index contributed by atoms with van der Waals surface area (Å²) in [5.41, 5.74) is 3.10. The molecule has 2 amide bonds. The van der Waals surface area contributed by atoms with Crippen LogP contribution in [0.1, 0.15) is 37.0 Å². The molecule has 0 saturated carbocycles. The quantitative estimate of drug-likeness (QED) is 0.390. The molecule has 1 N–H and O–H groups in total. The second-order valence-electron chi connectivity index (χ2n) is 8.89. The van der Waals surface area contributed by atoms with Gasteiger partial charge in [-0.3, -0.25) is 14.6 Å². The molecule has 5 nitrogen and oxygen atoms in total. The van der Waals surface area contributed by atoms with Gasteiger partial charge in [-0.1, -0.05) is 67.7 Å². The van der Waals surface area contributed by atoms with Crippen molar-refractivity contribution in [3.05, 3.63) is 93.2 Å². The van der Waals surface area contributed by atoms with Crippen molar-refractivity contribution >= 4 is 52.1 Å². The number of aryl methyl sites for hydroxylation is 1. The lowest BCUT2D eigenvalue weighted by Gasteiger charge is -2.26. The van der Waals surface area contributed by atoms with E-state index in [0.717, 1.165) is 0 Å². The normalized spacial score (nSPS) is 16.2. The molecule has 0 aromatic heterocycles. The Morgan fingerprint density at radius 3 is 2.56 bits per heavy atom. The second-order valence-corrected chi connectivity index (χ2v) is 9.73. The summed E-state index contributed by atoms with van der Waals surface area (Å²) < 4.78 is 14.0. The van der Waals surface area contributed by atoms with Gasteiger partial charge >= 0.3 is 0 Å². The van der Waals surface area contributed by atoms with Crippen LogP contribution in [0.2, 0.25) is 10.0 Å². The van der Waals surface area contributed by atoms with Crippen molar-refractivity contribution in [2.24, 2.45) is 10.9 Å². The number of halogens is 3. The first kappa shape index (κ1) is 25.9. The molecule has 1 heterocycles. The highest BCUT2D eigenvalue weighted by molar-refractivity contribution is 6.37. The van der Waals surface area contributed by atoms with Gasteiger partial charge in [-0.2, -0.15) is 0 Å². The summed E-state index contributed by atoms with van der Waals surface area (Å²) in [6, 6.07) is 16.1. The molecule has 3 aromatic rings. The molecule has 0 saturated heterocycles. The summed E-state index contributed by atoms with van der Waals surface area (Å²) in [5, 5.41) is 3.64. The minimum Gasteiger partial charge on any atom is -0.324 e. The van der Waals surface area contributed by atoms with Gasteiger partial charge in [0.1, 0.15) is 18.4 Å². The summed E-state index contributed by atoms with van der Waals surface area (Å²) >= 11 is 12.9. The number of benzene rings is 3. The van der Waals surface area contributed by atoms with Gasteiger partial charge in [0.05, 0.1) is 11.4 Å². The summed E-state index contributed by atoms with van der Waals surface area (Å²) in [6.45, 7) is 5.30. The molecule has 1 aliphatic rings. The van der Waals surface area contributed by atoms with Gasteiger partial charge in [0.15, 0.2) is 0 Å². The maximum atomic E-state index is 14.0. The lowest BCUT2D eigenvalue weighted by Crippen LogP contribution is -2.44. The number of nitrogens with one attached hydrogen (secondary N) is 1. The number of carbonyl (C=O) groups is 2. The van der Waals surface area contributed by atoms with Gasteiger partial charge in [0, 0.05) is 26.9 Å². The number of hydrogen-bond donors (Lipinski definition) is 1. The second kappa shape index (κ2) is 10.8. The summed E-state index contributed by atoms with van der Waals surface area (Å²) in [7, 11) is 0. The molecule has 4 rings (SSSR count). The number of carbonyl (C=O) groups excluding carboxylic acids is 2. The van der Waals surface area contributed by atoms with Crippen molar-refractivity contribution in [1.29, 1.82) is 0 Å². The van der Waals surface area contributed by atoms with E-state index >= 15 is 0 Å². The Labute approximate surface area is 219 Å². The molecule has 186 valence electrons. The van der Waals surface area contributed by atoms with Crippen LogP contribution in [-0.4, -0.2) is 30.1 Å². The molecule has 2 atom stereocenters. The lowest BCUT2D eigenvalue weighted by atomic mass is 9.97. The van der Waals surface area contributed by atoms with E-state index in [2.05, 4.69) is 5.32 Å². The first-order valence-corrected chi connectivity index (χ1v) is 12.4. The van der Waals surface area contributed by atoms with E-state index in [1.54, 1.807) is 43.3 Å². The molecule has 0 aliphatic carbocycles.